The van der Waals surface area contributed by atoms with Crippen molar-refractivity contribution < 1.29 is 50.2 Å². The van der Waals surface area contributed by atoms with E-state index in [0.717, 1.165) is 33.1 Å². The molecule has 0 spiro atoms. The van der Waals surface area contributed by atoms with Crippen LogP contribution in [0.5, 0.6) is 28.7 Å². The Kier molecular flexibility index (Phi) is 18.4. The number of fused-ring (bicyclic) bond motifs is 2. The molecular formula is C59H61BClN7O11S2. The highest BCUT2D eigenvalue weighted by molar-refractivity contribution is 7.92. The quantitative estimate of drug-likeness (QED) is 0.0701. The van der Waals surface area contributed by atoms with Gasteiger partial charge >= 0.3 is 7.12 Å². The molecule has 1 aliphatic rings. The van der Waals surface area contributed by atoms with E-state index in [2.05, 4.69) is 43.8 Å². The second-order valence-electron chi connectivity index (χ2n) is 20.0. The standard InChI is InChI=1S/C25H25N3O4S.C21H17ClN4O3S.C13H19BO4/c1-17(2)14-32-20-4-6-23(24(13-20)31-3)25-22-7-5-21(12-18(22)8-11-27-25)33(29,30)15-19-9-10-26-16-28-19;1-29-17-4-2-15(3-5-17)13-26(20-9-10-23-14-25-20)30(27,28)18-6-7-19-16(12-18)8-11-24-21(19)22;1-12(2)13(3,4)18-14(17-12)10-7-6-9(15)8-11(10)16-5/h4-13,16-17H,14-15H2,1-3H3;2-12,14H,13H2,1H3;6-8,15H,1-5H3. The summed E-state index contributed by atoms with van der Waals surface area (Å²) >= 11 is 6.12. The summed E-state index contributed by atoms with van der Waals surface area (Å²) in [5, 5.41) is 12.7. The molecule has 420 valence electrons. The lowest BCUT2D eigenvalue weighted by Gasteiger charge is -2.32. The number of halogens is 1. The topological polar surface area (TPSA) is 224 Å². The number of rotatable bonds is 16. The highest BCUT2D eigenvalue weighted by Gasteiger charge is 2.52. The van der Waals surface area contributed by atoms with Gasteiger partial charge in [0.05, 0.1) is 72.6 Å². The predicted molar refractivity (Wildman–Crippen MR) is 313 cm³/mol. The Morgan fingerprint density at radius 3 is 1.91 bits per heavy atom. The summed E-state index contributed by atoms with van der Waals surface area (Å²) < 4.78 is 88.0. The largest absolute Gasteiger partial charge is 0.508 e. The van der Waals surface area contributed by atoms with Gasteiger partial charge in [-0.05, 0) is 129 Å². The number of aromatic hydroxyl groups is 1. The third-order valence-corrected chi connectivity index (χ3v) is 17.1. The van der Waals surface area contributed by atoms with E-state index in [9.17, 15) is 21.9 Å². The van der Waals surface area contributed by atoms with E-state index in [-0.39, 0.29) is 44.9 Å². The van der Waals surface area contributed by atoms with E-state index in [1.807, 2.05) is 58.0 Å². The number of sulfonamides is 1. The number of hydrogen-bond donors (Lipinski definition) is 1. The van der Waals surface area contributed by atoms with Gasteiger partial charge in [-0.3, -0.25) is 4.98 Å². The van der Waals surface area contributed by atoms with Crippen molar-refractivity contribution in [1.29, 1.82) is 0 Å². The van der Waals surface area contributed by atoms with E-state index in [0.29, 0.717) is 57.1 Å². The van der Waals surface area contributed by atoms with Gasteiger partial charge in [0.2, 0.25) is 0 Å². The SMILES string of the molecule is COc1cc(O)ccc1B1OC(C)(C)C(C)(C)O1.COc1cc(OCC(C)C)ccc1-c1nccc2cc(S(=O)(=O)Cc3ccncn3)ccc12.COc1ccc(CN(c2ccncn2)S(=O)(=O)c2ccc3c(Cl)nccc3c2)cc1. The van der Waals surface area contributed by atoms with E-state index >= 15 is 0 Å². The van der Waals surface area contributed by atoms with Gasteiger partial charge in [0.15, 0.2) is 9.84 Å². The molecule has 1 N–H and O–H groups in total. The van der Waals surface area contributed by atoms with E-state index in [4.69, 9.17) is 39.9 Å². The molecule has 0 aliphatic carbocycles. The molecule has 1 aliphatic heterocycles. The van der Waals surface area contributed by atoms with Gasteiger partial charge in [-0.2, -0.15) is 0 Å². The van der Waals surface area contributed by atoms with Crippen LogP contribution in [0.15, 0.2) is 169 Å². The summed E-state index contributed by atoms with van der Waals surface area (Å²) in [6.07, 6.45) is 8.91. The Bertz CT molecular complexity index is 3850. The van der Waals surface area contributed by atoms with Crippen LogP contribution < -0.4 is 28.7 Å². The van der Waals surface area contributed by atoms with Crippen LogP contribution in [0.3, 0.4) is 0 Å². The first-order valence-corrected chi connectivity index (χ1v) is 29.0. The van der Waals surface area contributed by atoms with Gasteiger partial charge in [0, 0.05) is 64.8 Å². The predicted octanol–water partition coefficient (Wildman–Crippen LogP) is 10.5. The molecule has 0 saturated carbocycles. The number of phenols is 1. The second kappa shape index (κ2) is 25.2. The highest BCUT2D eigenvalue weighted by atomic mass is 35.5. The Morgan fingerprint density at radius 1 is 0.642 bits per heavy atom. The van der Waals surface area contributed by atoms with Gasteiger partial charge in [0.25, 0.3) is 10.0 Å². The minimum atomic E-state index is -3.92. The monoisotopic (exact) mass is 1150 g/mol. The number of phenolic OH excluding ortho intramolecular Hbond substituents is 1. The highest BCUT2D eigenvalue weighted by Crippen LogP contribution is 2.39. The molecule has 5 aromatic carbocycles. The van der Waals surface area contributed by atoms with Crippen LogP contribution in [0, 0.1) is 5.92 Å². The summed E-state index contributed by atoms with van der Waals surface area (Å²) in [7, 11) is -3.23. The third kappa shape index (κ3) is 14.0. The Labute approximate surface area is 477 Å². The number of aromatic nitrogens is 6. The van der Waals surface area contributed by atoms with Crippen LogP contribution >= 0.6 is 11.6 Å². The fourth-order valence-corrected chi connectivity index (χ4v) is 11.3. The zero-order chi connectivity index (χ0) is 58.1. The number of ether oxygens (including phenoxy) is 4. The van der Waals surface area contributed by atoms with Gasteiger partial charge < -0.3 is 33.4 Å². The minimum absolute atomic E-state index is 0.0957. The normalized spacial score (nSPS) is 13.6. The number of sulfone groups is 1. The first-order valence-electron chi connectivity index (χ1n) is 25.5. The molecular weight excluding hydrogens is 1090 g/mol. The number of anilines is 1. The summed E-state index contributed by atoms with van der Waals surface area (Å²) in [5.41, 5.74) is 2.75. The molecule has 18 nitrogen and oxygen atoms in total. The van der Waals surface area contributed by atoms with Crippen LogP contribution in [-0.4, -0.2) is 98.1 Å². The lowest BCUT2D eigenvalue weighted by Crippen LogP contribution is -2.41. The Hall–Kier alpha value is -7.95. The average molecular weight is 1150 g/mol. The molecule has 9 aromatic rings. The number of hydrogen-bond acceptors (Lipinski definition) is 17. The maximum atomic E-state index is 13.6. The lowest BCUT2D eigenvalue weighted by atomic mass is 9.78. The fourth-order valence-electron chi connectivity index (χ4n) is 8.35. The Balaban J connectivity index is 0.000000166. The van der Waals surface area contributed by atoms with E-state index in [1.54, 1.807) is 119 Å². The van der Waals surface area contributed by atoms with Gasteiger partial charge in [0.1, 0.15) is 52.4 Å². The van der Waals surface area contributed by atoms with Crippen molar-refractivity contribution >= 4 is 71.4 Å². The van der Waals surface area contributed by atoms with Gasteiger partial charge in [-0.1, -0.05) is 49.7 Å². The molecule has 0 atom stereocenters. The number of nitrogens with zero attached hydrogens (tertiary/aromatic N) is 7. The molecule has 0 radical (unpaired) electrons. The van der Waals surface area contributed by atoms with Gasteiger partial charge in [-0.15, -0.1) is 0 Å². The van der Waals surface area contributed by atoms with Crippen molar-refractivity contribution in [3.8, 4) is 40.0 Å². The molecule has 4 aromatic heterocycles. The van der Waals surface area contributed by atoms with Crippen molar-refractivity contribution in [1.82, 2.24) is 29.9 Å². The third-order valence-electron chi connectivity index (χ3n) is 13.4. The molecule has 10 rings (SSSR count). The number of benzene rings is 5. The van der Waals surface area contributed by atoms with Crippen LogP contribution in [0.1, 0.15) is 52.8 Å². The molecule has 81 heavy (non-hydrogen) atoms. The molecule has 1 fully saturated rings. The molecule has 0 unspecified atom stereocenters. The first kappa shape index (κ1) is 59.2. The first-order chi connectivity index (χ1) is 38.6. The van der Waals surface area contributed by atoms with Crippen molar-refractivity contribution in [3.63, 3.8) is 0 Å². The average Bonchev–Trinajstić information content (AvgIpc) is 4.00. The van der Waals surface area contributed by atoms with Crippen molar-refractivity contribution in [3.05, 3.63) is 175 Å². The van der Waals surface area contributed by atoms with Crippen molar-refractivity contribution in [2.75, 3.05) is 32.2 Å². The van der Waals surface area contributed by atoms with E-state index < -0.39 is 27.0 Å². The number of pyridine rings is 2. The maximum absolute atomic E-state index is 13.6. The smallest absolute Gasteiger partial charge is 0.498 e. The molecule has 0 bridgehead atoms. The lowest BCUT2D eigenvalue weighted by molar-refractivity contribution is 0.00578. The Morgan fingerprint density at radius 2 is 1.27 bits per heavy atom. The molecule has 1 saturated heterocycles. The van der Waals surface area contributed by atoms with Crippen molar-refractivity contribution in [2.24, 2.45) is 5.92 Å². The van der Waals surface area contributed by atoms with Crippen molar-refractivity contribution in [2.45, 2.75) is 74.8 Å². The molecule has 5 heterocycles. The maximum Gasteiger partial charge on any atom is 0.498 e. The van der Waals surface area contributed by atoms with Gasteiger partial charge in [-0.25, -0.2) is 46.1 Å². The summed E-state index contributed by atoms with van der Waals surface area (Å²) in [6, 6.07) is 34.3. The van der Waals surface area contributed by atoms with E-state index in [1.165, 1.54) is 35.4 Å². The van der Waals surface area contributed by atoms with Crippen LogP contribution in [-0.2, 0) is 41.5 Å². The van der Waals surface area contributed by atoms with Crippen LogP contribution in [0.25, 0.3) is 32.8 Å². The summed E-state index contributed by atoms with van der Waals surface area (Å²) in [5.74, 6) is 3.27. The number of methoxy groups -OCH3 is 3. The van der Waals surface area contributed by atoms with Crippen LogP contribution in [0.4, 0.5) is 5.82 Å². The summed E-state index contributed by atoms with van der Waals surface area (Å²) in [6.45, 7) is 12.9. The minimum Gasteiger partial charge on any atom is -0.508 e. The fraction of sp³-hybridized carbons (Fsp3) is 0.254. The zero-order valence-electron chi connectivity index (χ0n) is 46.1. The van der Waals surface area contributed by atoms with Crippen LogP contribution in [0.2, 0.25) is 5.15 Å². The second-order valence-corrected chi connectivity index (χ2v) is 24.2. The molecule has 22 heteroatoms. The molecule has 0 amide bonds. The summed E-state index contributed by atoms with van der Waals surface area (Å²) in [4.78, 5) is 24.9. The zero-order valence-corrected chi connectivity index (χ0v) is 48.5.